The van der Waals surface area contributed by atoms with E-state index in [9.17, 15) is 10.2 Å². The number of anilines is 1. The van der Waals surface area contributed by atoms with E-state index in [4.69, 9.17) is 0 Å². The topological polar surface area (TPSA) is 46.9 Å². The van der Waals surface area contributed by atoms with Crippen molar-refractivity contribution in [2.45, 2.75) is 62.1 Å². The average molecular weight is 326 g/mol. The van der Waals surface area contributed by atoms with Gasteiger partial charge in [-0.05, 0) is 36.8 Å². The van der Waals surface area contributed by atoms with Gasteiger partial charge in [-0.2, -0.15) is 0 Å². The van der Waals surface area contributed by atoms with Gasteiger partial charge >= 0.3 is 0 Å². The molecule has 6 unspecified atom stereocenters. The number of aliphatic hydroxyl groups excluding tert-OH is 2. The molecule has 5 bridgehead atoms. The molecule has 1 saturated carbocycles. The van der Waals surface area contributed by atoms with Crippen molar-refractivity contribution in [1.29, 1.82) is 0 Å². The van der Waals surface area contributed by atoms with Crippen LogP contribution in [0.15, 0.2) is 24.3 Å². The highest BCUT2D eigenvalue weighted by atomic mass is 16.3. The van der Waals surface area contributed by atoms with E-state index in [-0.39, 0.29) is 17.7 Å². The van der Waals surface area contributed by atoms with Crippen LogP contribution in [0.2, 0.25) is 0 Å². The minimum absolute atomic E-state index is 0.126. The molecular formula is C20H26N2O2. The molecule has 128 valence electrons. The van der Waals surface area contributed by atoms with Crippen LogP contribution in [0.3, 0.4) is 0 Å². The molecule has 0 aromatic heterocycles. The van der Waals surface area contributed by atoms with Crippen LogP contribution in [0.1, 0.15) is 31.7 Å². The molecule has 4 saturated heterocycles. The van der Waals surface area contributed by atoms with Gasteiger partial charge in [-0.25, -0.2) is 0 Å². The second-order valence-electron chi connectivity index (χ2n) is 8.81. The third-order valence-corrected chi connectivity index (χ3v) is 8.46. The van der Waals surface area contributed by atoms with Crippen molar-refractivity contribution in [2.75, 3.05) is 11.9 Å². The average Bonchev–Trinajstić information content (AvgIpc) is 2.97. The zero-order valence-corrected chi connectivity index (χ0v) is 14.3. The van der Waals surface area contributed by atoms with Crippen molar-refractivity contribution < 1.29 is 10.2 Å². The Kier molecular flexibility index (Phi) is 2.45. The number of fused-ring (bicyclic) bond motifs is 2. The van der Waals surface area contributed by atoms with E-state index in [0.29, 0.717) is 35.9 Å². The van der Waals surface area contributed by atoms with Gasteiger partial charge < -0.3 is 15.1 Å². The zero-order valence-electron chi connectivity index (χ0n) is 14.3. The molecule has 24 heavy (non-hydrogen) atoms. The lowest BCUT2D eigenvalue weighted by Crippen LogP contribution is -2.72. The lowest BCUT2D eigenvalue weighted by molar-refractivity contribution is -0.211. The van der Waals surface area contributed by atoms with E-state index in [0.717, 1.165) is 19.3 Å². The van der Waals surface area contributed by atoms with Gasteiger partial charge in [0.25, 0.3) is 0 Å². The third kappa shape index (κ3) is 1.20. The first kappa shape index (κ1) is 14.1. The Balaban J connectivity index is 1.60. The fraction of sp³-hybridized carbons (Fsp3) is 0.700. The van der Waals surface area contributed by atoms with Gasteiger partial charge in [0.2, 0.25) is 0 Å². The number of hydrogen-bond acceptors (Lipinski definition) is 4. The summed E-state index contributed by atoms with van der Waals surface area (Å²) in [6, 6.07) is 9.70. The van der Waals surface area contributed by atoms with Gasteiger partial charge in [-0.15, -0.1) is 0 Å². The quantitative estimate of drug-likeness (QED) is 0.822. The number of piperidine rings is 4. The van der Waals surface area contributed by atoms with Gasteiger partial charge in [0.05, 0.1) is 12.1 Å². The molecule has 4 nitrogen and oxygen atoms in total. The highest BCUT2D eigenvalue weighted by molar-refractivity contribution is 5.67. The summed E-state index contributed by atoms with van der Waals surface area (Å²) in [5.41, 5.74) is 2.51. The van der Waals surface area contributed by atoms with E-state index in [2.05, 4.69) is 48.0 Å². The van der Waals surface area contributed by atoms with E-state index in [1.807, 2.05) is 0 Å². The van der Waals surface area contributed by atoms with Crippen molar-refractivity contribution in [2.24, 2.45) is 17.8 Å². The summed E-state index contributed by atoms with van der Waals surface area (Å²) in [5, 5.41) is 22.6. The highest BCUT2D eigenvalue weighted by Gasteiger charge is 2.76. The van der Waals surface area contributed by atoms with Crippen LogP contribution in [-0.2, 0) is 5.41 Å². The zero-order chi connectivity index (χ0) is 16.4. The Morgan fingerprint density at radius 2 is 2.00 bits per heavy atom. The first-order valence-corrected chi connectivity index (χ1v) is 9.57. The Labute approximate surface area is 143 Å². The molecule has 1 spiro atoms. The van der Waals surface area contributed by atoms with Crippen molar-refractivity contribution in [3.63, 3.8) is 0 Å². The predicted octanol–water partition coefficient (Wildman–Crippen LogP) is 1.55. The van der Waals surface area contributed by atoms with Gasteiger partial charge in [0.1, 0.15) is 6.23 Å². The second-order valence-corrected chi connectivity index (χ2v) is 8.81. The Morgan fingerprint density at radius 3 is 2.79 bits per heavy atom. The normalized spacial score (nSPS) is 55.8. The minimum Gasteiger partial charge on any atom is -0.392 e. The fourth-order valence-corrected chi connectivity index (χ4v) is 7.88. The number of benzene rings is 1. The monoisotopic (exact) mass is 326 g/mol. The summed E-state index contributed by atoms with van der Waals surface area (Å²) >= 11 is 0. The summed E-state index contributed by atoms with van der Waals surface area (Å²) in [7, 11) is 2.19. The van der Waals surface area contributed by atoms with Gasteiger partial charge in [-0.3, -0.25) is 4.90 Å². The molecular weight excluding hydrogens is 300 g/mol. The van der Waals surface area contributed by atoms with E-state index in [1.54, 1.807) is 0 Å². The maximum absolute atomic E-state index is 11.6. The maximum atomic E-state index is 11.6. The number of rotatable bonds is 1. The van der Waals surface area contributed by atoms with Crippen molar-refractivity contribution >= 4 is 5.69 Å². The summed E-state index contributed by atoms with van der Waals surface area (Å²) in [6.07, 6.45) is 2.56. The Morgan fingerprint density at radius 1 is 1.21 bits per heavy atom. The predicted molar refractivity (Wildman–Crippen MR) is 91.7 cm³/mol. The molecule has 10 atom stereocenters. The SMILES string of the molecule is CCC1[C@@H]2CC3C4N(C)c5ccccc5C45C[C@@H](C2[C@@H]5O)N3[C@@H]1O. The van der Waals surface area contributed by atoms with Crippen LogP contribution in [0.5, 0.6) is 0 Å². The van der Waals surface area contributed by atoms with Crippen molar-refractivity contribution in [3.05, 3.63) is 29.8 Å². The Hall–Kier alpha value is -1.10. The van der Waals surface area contributed by atoms with E-state index in [1.165, 1.54) is 11.3 Å². The fourth-order valence-electron chi connectivity index (χ4n) is 7.88. The summed E-state index contributed by atoms with van der Waals surface area (Å²) < 4.78 is 0. The molecule has 5 fully saturated rings. The molecule has 4 heteroatoms. The van der Waals surface area contributed by atoms with Crippen molar-refractivity contribution in [1.82, 2.24) is 4.90 Å². The number of hydrogen-bond donors (Lipinski definition) is 2. The molecule has 0 amide bonds. The summed E-state index contributed by atoms with van der Waals surface area (Å²) in [5.74, 6) is 1.14. The number of likely N-dealkylation sites (N-methyl/N-ethyl adjacent to an activating group) is 1. The standard InChI is InChI=1S/C20H26N2O2/c1-3-10-11-8-14-17-20(12-6-4-5-7-13(12)21(17)2)9-15(16(11)18(20)23)22(14)19(10)24/h4-7,10-11,14-19,23-24H,3,8-9H2,1-2H3/t10?,11-,14?,15-,16?,17?,18-,19+,20?/m0/s1. The largest absolute Gasteiger partial charge is 0.392 e. The van der Waals surface area contributed by atoms with E-state index < -0.39 is 0 Å². The molecule has 1 aliphatic carbocycles. The maximum Gasteiger partial charge on any atom is 0.111 e. The number of aliphatic hydroxyl groups is 2. The Bertz CT molecular complexity index is 723. The first-order chi connectivity index (χ1) is 11.6. The molecule has 0 radical (unpaired) electrons. The lowest BCUT2D eigenvalue weighted by atomic mass is 9.62. The van der Waals surface area contributed by atoms with Crippen LogP contribution < -0.4 is 4.90 Å². The molecule has 1 aromatic carbocycles. The molecule has 5 heterocycles. The molecule has 5 aliphatic heterocycles. The molecule has 1 aromatic rings. The van der Waals surface area contributed by atoms with Gasteiger partial charge in [-0.1, -0.05) is 25.1 Å². The van der Waals surface area contributed by atoms with Gasteiger partial charge in [0.15, 0.2) is 0 Å². The van der Waals surface area contributed by atoms with Gasteiger partial charge in [0, 0.05) is 42.1 Å². The summed E-state index contributed by atoms with van der Waals surface area (Å²) in [6.45, 7) is 2.19. The molecule has 6 aliphatic rings. The lowest BCUT2D eigenvalue weighted by Gasteiger charge is -2.62. The van der Waals surface area contributed by atoms with Crippen molar-refractivity contribution in [3.8, 4) is 0 Å². The molecule has 2 N–H and O–H groups in total. The number of nitrogens with zero attached hydrogens (tertiary/aromatic N) is 2. The molecule has 7 rings (SSSR count). The smallest absolute Gasteiger partial charge is 0.111 e. The number of para-hydroxylation sites is 1. The summed E-state index contributed by atoms with van der Waals surface area (Å²) in [4.78, 5) is 4.83. The van der Waals surface area contributed by atoms with Crippen LogP contribution in [-0.4, -0.2) is 52.6 Å². The third-order valence-electron chi connectivity index (χ3n) is 8.46. The van der Waals surface area contributed by atoms with Crippen LogP contribution in [0.4, 0.5) is 5.69 Å². The first-order valence-electron chi connectivity index (χ1n) is 9.57. The van der Waals surface area contributed by atoms with Crippen LogP contribution in [0, 0.1) is 17.8 Å². The van der Waals surface area contributed by atoms with E-state index >= 15 is 0 Å². The minimum atomic E-state index is -0.319. The van der Waals surface area contributed by atoms with Crippen LogP contribution in [0.25, 0.3) is 0 Å². The highest BCUT2D eigenvalue weighted by Crippen LogP contribution is 2.68. The van der Waals surface area contributed by atoms with Crippen LogP contribution >= 0.6 is 0 Å². The second kappa shape index (κ2) is 4.17.